The molecular formula is C19H29NO4. The lowest BCUT2D eigenvalue weighted by Crippen LogP contribution is -2.41. The van der Waals surface area contributed by atoms with Crippen molar-refractivity contribution in [2.24, 2.45) is 11.8 Å². The molecule has 1 aromatic rings. The molecular weight excluding hydrogens is 306 g/mol. The number of phenolic OH excluding ortho intramolecular Hbond substituents is 1. The fourth-order valence-electron chi connectivity index (χ4n) is 4.00. The number of fused-ring (bicyclic) bond motifs is 4. The van der Waals surface area contributed by atoms with Crippen molar-refractivity contribution in [3.05, 3.63) is 29.3 Å². The summed E-state index contributed by atoms with van der Waals surface area (Å²) in [4.78, 5) is 11.9. The molecule has 1 fully saturated rings. The maximum absolute atomic E-state index is 9.80. The van der Waals surface area contributed by atoms with E-state index in [0.717, 1.165) is 18.9 Å². The molecule has 24 heavy (non-hydrogen) atoms. The molecule has 0 aromatic heterocycles. The lowest BCUT2D eigenvalue weighted by molar-refractivity contribution is -0.145. The number of likely N-dealkylation sites (tertiary alicyclic amines) is 1. The molecule has 1 heterocycles. The molecule has 5 nitrogen and oxygen atoms in total. The van der Waals surface area contributed by atoms with Gasteiger partial charge in [-0.25, -0.2) is 4.79 Å². The number of nitrogens with zero attached hydrogens (tertiary/aromatic N) is 1. The standard InChI is InChI=1S/C16H23NO.C3H6O3/c1-11-13-8-12-4-5-14(18)9-15(12)16(11,2)6-7-17(3)10-13;1-2(4)3(5)6/h4-5,9,11,13,18H,6-8,10H2,1-3H3;2,4H,1H3,(H,5,6). The second-order valence-electron chi connectivity index (χ2n) is 7.54. The van der Waals surface area contributed by atoms with E-state index in [2.05, 4.69) is 31.9 Å². The minimum atomic E-state index is -1.23. The van der Waals surface area contributed by atoms with Gasteiger partial charge in [-0.1, -0.05) is 19.9 Å². The average Bonchev–Trinajstić information content (AvgIpc) is 2.58. The molecule has 1 aliphatic heterocycles. The van der Waals surface area contributed by atoms with E-state index in [1.807, 2.05) is 12.1 Å². The van der Waals surface area contributed by atoms with Crippen LogP contribution in [0.4, 0.5) is 0 Å². The van der Waals surface area contributed by atoms with E-state index in [9.17, 15) is 9.90 Å². The predicted octanol–water partition coefficient (Wildman–Crippen LogP) is 2.25. The van der Waals surface area contributed by atoms with Crippen LogP contribution < -0.4 is 0 Å². The largest absolute Gasteiger partial charge is 0.508 e. The highest BCUT2D eigenvalue weighted by Crippen LogP contribution is 2.48. The van der Waals surface area contributed by atoms with Crippen LogP contribution >= 0.6 is 0 Å². The maximum atomic E-state index is 9.80. The Kier molecular flexibility index (Phi) is 5.56. The lowest BCUT2D eigenvalue weighted by atomic mass is 9.60. The van der Waals surface area contributed by atoms with Gasteiger partial charge in [-0.2, -0.15) is 0 Å². The molecule has 5 heteroatoms. The van der Waals surface area contributed by atoms with Gasteiger partial charge in [0, 0.05) is 6.54 Å². The Bertz CT molecular complexity index is 601. The normalized spacial score (nSPS) is 30.4. The van der Waals surface area contributed by atoms with Crippen molar-refractivity contribution < 1.29 is 20.1 Å². The molecule has 134 valence electrons. The van der Waals surface area contributed by atoms with E-state index in [1.165, 1.54) is 31.0 Å². The second kappa shape index (κ2) is 7.11. The van der Waals surface area contributed by atoms with Gasteiger partial charge in [0.05, 0.1) is 0 Å². The lowest BCUT2D eigenvalue weighted by Gasteiger charge is -2.44. The smallest absolute Gasteiger partial charge is 0.332 e. The summed E-state index contributed by atoms with van der Waals surface area (Å²) in [5.74, 6) is 0.671. The molecule has 1 saturated heterocycles. The molecule has 3 rings (SSSR count). The summed E-state index contributed by atoms with van der Waals surface area (Å²) in [6, 6.07) is 5.98. The molecule has 3 N–H and O–H groups in total. The third-order valence-electron chi connectivity index (χ3n) is 5.82. The molecule has 1 aromatic carbocycles. The number of carboxylic acids is 1. The Balaban J connectivity index is 0.000000301. The van der Waals surface area contributed by atoms with Crippen LogP contribution in [-0.4, -0.2) is 52.4 Å². The van der Waals surface area contributed by atoms with Gasteiger partial charge in [-0.05, 0) is 73.9 Å². The van der Waals surface area contributed by atoms with Gasteiger partial charge in [0.15, 0.2) is 0 Å². The number of rotatable bonds is 1. The highest BCUT2D eigenvalue weighted by Gasteiger charge is 2.44. The Hall–Kier alpha value is -1.59. The summed E-state index contributed by atoms with van der Waals surface area (Å²) < 4.78 is 0. The van der Waals surface area contributed by atoms with Gasteiger partial charge in [-0.15, -0.1) is 0 Å². The van der Waals surface area contributed by atoms with Crippen molar-refractivity contribution in [3.63, 3.8) is 0 Å². The van der Waals surface area contributed by atoms with E-state index in [4.69, 9.17) is 10.2 Å². The van der Waals surface area contributed by atoms with Gasteiger partial charge < -0.3 is 20.2 Å². The first-order valence-corrected chi connectivity index (χ1v) is 8.57. The Labute approximate surface area is 143 Å². The highest BCUT2D eigenvalue weighted by atomic mass is 16.4. The van der Waals surface area contributed by atoms with Crippen LogP contribution in [0.1, 0.15) is 38.3 Å². The van der Waals surface area contributed by atoms with Gasteiger partial charge >= 0.3 is 5.97 Å². The first-order chi connectivity index (χ1) is 11.1. The van der Waals surface area contributed by atoms with Gasteiger partial charge in [0.2, 0.25) is 0 Å². The molecule has 2 bridgehead atoms. The second-order valence-corrected chi connectivity index (χ2v) is 7.54. The number of carboxylic acid groups (broad SMARTS) is 1. The number of phenols is 1. The zero-order valence-corrected chi connectivity index (χ0v) is 15.0. The van der Waals surface area contributed by atoms with Crippen LogP contribution in [-0.2, 0) is 16.6 Å². The topological polar surface area (TPSA) is 81.0 Å². The van der Waals surface area contributed by atoms with Crippen molar-refractivity contribution in [3.8, 4) is 5.75 Å². The molecule has 0 saturated carbocycles. The van der Waals surface area contributed by atoms with Crippen molar-refractivity contribution in [1.29, 1.82) is 0 Å². The first-order valence-electron chi connectivity index (χ1n) is 8.57. The summed E-state index contributed by atoms with van der Waals surface area (Å²) in [5, 5.41) is 25.6. The number of hydrogen-bond acceptors (Lipinski definition) is 4. The van der Waals surface area contributed by atoms with Crippen LogP contribution in [0, 0.1) is 11.8 Å². The maximum Gasteiger partial charge on any atom is 0.332 e. The van der Waals surface area contributed by atoms with Crippen molar-refractivity contribution in [2.45, 2.75) is 45.1 Å². The summed E-state index contributed by atoms with van der Waals surface area (Å²) in [7, 11) is 2.24. The highest BCUT2D eigenvalue weighted by molar-refractivity contribution is 5.71. The summed E-state index contributed by atoms with van der Waals surface area (Å²) in [5.41, 5.74) is 3.07. The molecule has 4 atom stereocenters. The Morgan fingerprint density at radius 2 is 2.04 bits per heavy atom. The number of aliphatic hydroxyl groups excluding tert-OH is 1. The Morgan fingerprint density at radius 3 is 2.62 bits per heavy atom. The van der Waals surface area contributed by atoms with Crippen LogP contribution in [0.2, 0.25) is 0 Å². The quantitative estimate of drug-likeness (QED) is 0.733. The summed E-state index contributed by atoms with van der Waals surface area (Å²) in [6.45, 7) is 8.35. The molecule has 4 unspecified atom stereocenters. The molecule has 0 spiro atoms. The van der Waals surface area contributed by atoms with Gasteiger partial charge in [0.25, 0.3) is 0 Å². The fourth-order valence-corrected chi connectivity index (χ4v) is 4.00. The van der Waals surface area contributed by atoms with E-state index in [1.54, 1.807) is 0 Å². The average molecular weight is 335 g/mol. The summed E-state index contributed by atoms with van der Waals surface area (Å²) >= 11 is 0. The molecule has 1 aliphatic carbocycles. The monoisotopic (exact) mass is 335 g/mol. The number of aromatic hydroxyl groups is 1. The van der Waals surface area contributed by atoms with E-state index < -0.39 is 12.1 Å². The van der Waals surface area contributed by atoms with Crippen molar-refractivity contribution >= 4 is 5.97 Å². The van der Waals surface area contributed by atoms with Crippen LogP contribution in [0.15, 0.2) is 18.2 Å². The van der Waals surface area contributed by atoms with E-state index in [-0.39, 0.29) is 5.41 Å². The van der Waals surface area contributed by atoms with E-state index >= 15 is 0 Å². The predicted molar refractivity (Wildman–Crippen MR) is 93.2 cm³/mol. The van der Waals surface area contributed by atoms with Crippen molar-refractivity contribution in [2.75, 3.05) is 20.1 Å². The number of carbonyl (C=O) groups is 1. The third kappa shape index (κ3) is 3.73. The number of aliphatic carboxylic acids is 1. The Morgan fingerprint density at radius 1 is 1.42 bits per heavy atom. The molecule has 0 amide bonds. The zero-order valence-electron chi connectivity index (χ0n) is 15.0. The van der Waals surface area contributed by atoms with Crippen LogP contribution in [0.3, 0.4) is 0 Å². The summed E-state index contributed by atoms with van der Waals surface area (Å²) in [6.07, 6.45) is 1.12. The van der Waals surface area contributed by atoms with E-state index in [0.29, 0.717) is 11.7 Å². The third-order valence-corrected chi connectivity index (χ3v) is 5.82. The fraction of sp³-hybridized carbons (Fsp3) is 0.632. The molecule has 2 aliphatic rings. The van der Waals surface area contributed by atoms with Gasteiger partial charge in [0.1, 0.15) is 11.9 Å². The minimum Gasteiger partial charge on any atom is -0.508 e. The number of hydrogen-bond donors (Lipinski definition) is 3. The van der Waals surface area contributed by atoms with Crippen LogP contribution in [0.25, 0.3) is 0 Å². The number of benzene rings is 1. The van der Waals surface area contributed by atoms with Crippen LogP contribution in [0.5, 0.6) is 5.75 Å². The van der Waals surface area contributed by atoms with Crippen molar-refractivity contribution in [1.82, 2.24) is 4.90 Å². The minimum absolute atomic E-state index is 0.224. The zero-order chi connectivity index (χ0) is 18.1. The molecule has 0 radical (unpaired) electrons. The SMILES string of the molecule is CC(O)C(=O)O.CC1C2Cc3ccc(O)cc3C1(C)CCN(C)C2. The first kappa shape index (κ1) is 18.7. The van der Waals surface area contributed by atoms with Gasteiger partial charge in [-0.3, -0.25) is 0 Å². The number of aliphatic hydroxyl groups is 1.